The van der Waals surface area contributed by atoms with Gasteiger partial charge < -0.3 is 20.1 Å². The highest BCUT2D eigenvalue weighted by molar-refractivity contribution is 5.71. The number of anilines is 2. The van der Waals surface area contributed by atoms with Gasteiger partial charge in [0.25, 0.3) is 0 Å². The molecule has 0 spiro atoms. The second kappa shape index (κ2) is 8.08. The van der Waals surface area contributed by atoms with Crippen LogP contribution in [0.25, 0.3) is 0 Å². The second-order valence-electron chi connectivity index (χ2n) is 8.38. The quantitative estimate of drug-likeness (QED) is 0.710. The van der Waals surface area contributed by atoms with Crippen LogP contribution in [-0.4, -0.2) is 29.9 Å². The lowest BCUT2D eigenvalue weighted by atomic mass is 9.91. The molecule has 0 saturated heterocycles. The van der Waals surface area contributed by atoms with Crippen LogP contribution in [0.3, 0.4) is 0 Å². The Balaban J connectivity index is 1.82. The summed E-state index contributed by atoms with van der Waals surface area (Å²) in [6.45, 7) is 6.09. The monoisotopic (exact) mass is 422 g/mol. The summed E-state index contributed by atoms with van der Waals surface area (Å²) in [7, 11) is 0. The van der Waals surface area contributed by atoms with Gasteiger partial charge in [-0.3, -0.25) is 0 Å². The van der Waals surface area contributed by atoms with Crippen molar-refractivity contribution in [2.75, 3.05) is 18.0 Å². The van der Waals surface area contributed by atoms with Crippen molar-refractivity contribution in [3.63, 3.8) is 0 Å². The molecule has 30 heavy (non-hydrogen) atoms. The summed E-state index contributed by atoms with van der Waals surface area (Å²) in [6, 6.07) is 10.0. The van der Waals surface area contributed by atoms with E-state index in [-0.39, 0.29) is 11.7 Å². The van der Waals surface area contributed by atoms with Crippen molar-refractivity contribution in [3.05, 3.63) is 53.6 Å². The van der Waals surface area contributed by atoms with Crippen LogP contribution < -0.4 is 10.2 Å². The number of phenols is 1. The number of hydrogen-bond donors (Lipinski definition) is 2. The Morgan fingerprint density at radius 3 is 2.43 bits per heavy atom. The summed E-state index contributed by atoms with van der Waals surface area (Å²) in [5, 5.41) is 13.1. The number of halogens is 3. The largest absolute Gasteiger partial charge is 0.508 e. The Morgan fingerprint density at radius 1 is 1.17 bits per heavy atom. The average molecular weight is 422 g/mol. The zero-order valence-corrected chi connectivity index (χ0v) is 17.1. The van der Waals surface area contributed by atoms with E-state index in [0.717, 1.165) is 17.8 Å². The Bertz CT molecular complexity index is 905. The molecule has 2 aromatic carbocycles. The van der Waals surface area contributed by atoms with E-state index < -0.39 is 23.4 Å². The predicted octanol–water partition coefficient (Wildman–Crippen LogP) is 5.25. The molecule has 0 radical (unpaired) electrons. The molecule has 0 bridgehead atoms. The van der Waals surface area contributed by atoms with Crippen molar-refractivity contribution >= 4 is 17.5 Å². The van der Waals surface area contributed by atoms with Gasteiger partial charge in [0, 0.05) is 30.0 Å². The molecule has 1 aliphatic rings. The fourth-order valence-corrected chi connectivity index (χ4v) is 3.49. The molecule has 2 N–H and O–H groups in total. The van der Waals surface area contributed by atoms with Gasteiger partial charge in [-0.05, 0) is 69.5 Å². The second-order valence-corrected chi connectivity index (χ2v) is 8.38. The maximum atomic E-state index is 12.9. The number of nitrogens with zero attached hydrogens (tertiary/aromatic N) is 1. The first-order valence-corrected chi connectivity index (χ1v) is 9.66. The maximum absolute atomic E-state index is 12.9. The molecule has 162 valence electrons. The molecular formula is C22H25F3N2O3. The van der Waals surface area contributed by atoms with Gasteiger partial charge in [0.1, 0.15) is 11.4 Å². The third-order valence-electron chi connectivity index (χ3n) is 4.79. The summed E-state index contributed by atoms with van der Waals surface area (Å²) in [6.07, 6.45) is -4.42. The van der Waals surface area contributed by atoms with Gasteiger partial charge in [0.2, 0.25) is 0 Å². The van der Waals surface area contributed by atoms with Crippen LogP contribution in [0.2, 0.25) is 0 Å². The fraction of sp³-hybridized carbons (Fsp3) is 0.409. The van der Waals surface area contributed by atoms with Crippen molar-refractivity contribution in [2.24, 2.45) is 5.92 Å². The van der Waals surface area contributed by atoms with Gasteiger partial charge in [0.05, 0.1) is 5.56 Å². The number of ether oxygens (including phenoxy) is 1. The molecule has 8 heteroatoms. The van der Waals surface area contributed by atoms with Gasteiger partial charge in [-0.1, -0.05) is 6.07 Å². The number of carbonyl (C=O) groups excluding carboxylic acids is 1. The van der Waals surface area contributed by atoms with E-state index in [4.69, 9.17) is 4.74 Å². The van der Waals surface area contributed by atoms with Gasteiger partial charge in [-0.25, -0.2) is 4.79 Å². The van der Waals surface area contributed by atoms with E-state index in [1.165, 1.54) is 12.1 Å². The number of fused-ring (bicyclic) bond motifs is 1. The Hall–Kier alpha value is -2.90. The third kappa shape index (κ3) is 5.17. The molecular weight excluding hydrogens is 397 g/mol. The van der Waals surface area contributed by atoms with Gasteiger partial charge in [-0.15, -0.1) is 0 Å². The topological polar surface area (TPSA) is 61.8 Å². The SMILES string of the molecule is CC(C)(C)OC(=O)NCC1Cc2c(O)cccc2N(c2ccc(C(F)(F)F)cc2)C1. The molecule has 0 aromatic heterocycles. The van der Waals surface area contributed by atoms with Crippen LogP contribution >= 0.6 is 0 Å². The minimum Gasteiger partial charge on any atom is -0.508 e. The number of nitrogens with one attached hydrogen (secondary N) is 1. The number of aromatic hydroxyl groups is 1. The summed E-state index contributed by atoms with van der Waals surface area (Å²) < 4.78 is 44.0. The number of hydrogen-bond acceptors (Lipinski definition) is 4. The van der Waals surface area contributed by atoms with Gasteiger partial charge in [-0.2, -0.15) is 13.2 Å². The van der Waals surface area contributed by atoms with E-state index in [1.54, 1.807) is 32.9 Å². The highest BCUT2D eigenvalue weighted by Crippen LogP contribution is 2.40. The number of carbonyl (C=O) groups is 1. The lowest BCUT2D eigenvalue weighted by molar-refractivity contribution is -0.137. The molecule has 1 atom stereocenters. The summed E-state index contributed by atoms with van der Waals surface area (Å²) in [5.41, 5.74) is 0.676. The predicted molar refractivity (Wildman–Crippen MR) is 108 cm³/mol. The van der Waals surface area contributed by atoms with Crippen LogP contribution in [-0.2, 0) is 17.3 Å². The molecule has 1 amide bonds. The van der Waals surface area contributed by atoms with E-state index in [9.17, 15) is 23.1 Å². The number of alkyl carbamates (subject to hydrolysis) is 1. The average Bonchev–Trinajstić information content (AvgIpc) is 2.64. The van der Waals surface area contributed by atoms with E-state index in [2.05, 4.69) is 5.32 Å². The van der Waals surface area contributed by atoms with Crippen LogP contribution in [0.5, 0.6) is 5.75 Å². The number of phenolic OH excluding ortho intramolecular Hbond substituents is 1. The van der Waals surface area contributed by atoms with Crippen molar-refractivity contribution in [1.82, 2.24) is 5.32 Å². The first-order chi connectivity index (χ1) is 13.9. The number of alkyl halides is 3. The molecule has 0 saturated carbocycles. The maximum Gasteiger partial charge on any atom is 0.416 e. The standard InChI is InChI=1S/C22H25F3N2O3/c1-21(2,3)30-20(29)26-12-14-11-17-18(5-4-6-19(17)28)27(13-14)16-9-7-15(8-10-16)22(23,24)25/h4-10,14,28H,11-13H2,1-3H3,(H,26,29). The summed E-state index contributed by atoms with van der Waals surface area (Å²) >= 11 is 0. The number of amides is 1. The first-order valence-electron chi connectivity index (χ1n) is 9.66. The molecule has 0 aliphatic carbocycles. The fourth-order valence-electron chi connectivity index (χ4n) is 3.49. The molecule has 1 aliphatic heterocycles. The van der Waals surface area contributed by atoms with Crippen LogP contribution in [0.4, 0.5) is 29.3 Å². The third-order valence-corrected chi connectivity index (χ3v) is 4.79. The van der Waals surface area contributed by atoms with Crippen molar-refractivity contribution in [1.29, 1.82) is 0 Å². The van der Waals surface area contributed by atoms with Crippen LogP contribution in [0.1, 0.15) is 31.9 Å². The zero-order valence-electron chi connectivity index (χ0n) is 17.1. The summed E-state index contributed by atoms with van der Waals surface area (Å²) in [5.74, 6) is 0.0481. The minimum atomic E-state index is -4.41. The molecule has 1 unspecified atom stereocenters. The van der Waals surface area contributed by atoms with E-state index >= 15 is 0 Å². The van der Waals surface area contributed by atoms with Crippen molar-refractivity contribution in [2.45, 2.75) is 39.0 Å². The molecule has 1 heterocycles. The van der Waals surface area contributed by atoms with Crippen molar-refractivity contribution in [3.8, 4) is 5.75 Å². The van der Waals surface area contributed by atoms with E-state index in [0.29, 0.717) is 30.8 Å². The van der Waals surface area contributed by atoms with Crippen LogP contribution in [0, 0.1) is 5.92 Å². The number of rotatable bonds is 3. The molecule has 3 rings (SSSR count). The first kappa shape index (κ1) is 21.8. The highest BCUT2D eigenvalue weighted by atomic mass is 19.4. The Kier molecular flexibility index (Phi) is 5.87. The Labute approximate surface area is 173 Å². The zero-order chi connectivity index (χ0) is 22.1. The van der Waals surface area contributed by atoms with Gasteiger partial charge >= 0.3 is 12.3 Å². The van der Waals surface area contributed by atoms with Crippen molar-refractivity contribution < 1.29 is 27.8 Å². The smallest absolute Gasteiger partial charge is 0.416 e. The molecule has 2 aromatic rings. The molecule has 5 nitrogen and oxygen atoms in total. The normalized spacial score (nSPS) is 16.7. The molecule has 0 fully saturated rings. The lowest BCUT2D eigenvalue weighted by Gasteiger charge is -2.36. The number of benzene rings is 2. The lowest BCUT2D eigenvalue weighted by Crippen LogP contribution is -2.41. The van der Waals surface area contributed by atoms with E-state index in [1.807, 2.05) is 11.0 Å². The van der Waals surface area contributed by atoms with Crippen LogP contribution in [0.15, 0.2) is 42.5 Å². The van der Waals surface area contributed by atoms with Gasteiger partial charge in [0.15, 0.2) is 0 Å². The highest BCUT2D eigenvalue weighted by Gasteiger charge is 2.32. The minimum absolute atomic E-state index is 0.0689. The Morgan fingerprint density at radius 2 is 1.83 bits per heavy atom. The summed E-state index contributed by atoms with van der Waals surface area (Å²) in [4.78, 5) is 13.9.